The van der Waals surface area contributed by atoms with Gasteiger partial charge in [0.25, 0.3) is 0 Å². The zero-order chi connectivity index (χ0) is 17.2. The molecule has 1 aliphatic heterocycles. The maximum absolute atomic E-state index is 12.4. The molecule has 0 saturated carbocycles. The summed E-state index contributed by atoms with van der Waals surface area (Å²) >= 11 is 3.01. The number of rotatable bonds is 5. The molecule has 1 N–H and O–H groups in total. The minimum atomic E-state index is -0.257. The molecule has 3 aromatic rings. The Morgan fingerprint density at radius 1 is 1.32 bits per heavy atom. The number of fused-ring (bicyclic) bond motifs is 2. The smallest absolute Gasteiger partial charge is 0.233 e. The van der Waals surface area contributed by atoms with E-state index in [1.807, 2.05) is 36.6 Å². The Hall–Kier alpha value is -2.32. The van der Waals surface area contributed by atoms with E-state index in [-0.39, 0.29) is 18.0 Å². The van der Waals surface area contributed by atoms with Crippen molar-refractivity contribution < 1.29 is 14.3 Å². The number of hydrogen-bond donors (Lipinski definition) is 1. The number of carbonyl (C=O) groups is 1. The maximum atomic E-state index is 12.4. The zero-order valence-corrected chi connectivity index (χ0v) is 15.0. The van der Waals surface area contributed by atoms with E-state index in [9.17, 15) is 4.79 Å². The van der Waals surface area contributed by atoms with E-state index in [2.05, 4.69) is 15.3 Å². The molecule has 25 heavy (non-hydrogen) atoms. The molecule has 0 spiro atoms. The van der Waals surface area contributed by atoms with E-state index >= 15 is 0 Å². The van der Waals surface area contributed by atoms with Gasteiger partial charge in [-0.25, -0.2) is 9.97 Å². The van der Waals surface area contributed by atoms with Gasteiger partial charge in [-0.15, -0.1) is 11.3 Å². The number of nitrogens with zero attached hydrogens (tertiary/aromatic N) is 2. The molecule has 0 radical (unpaired) electrons. The monoisotopic (exact) mass is 373 g/mol. The summed E-state index contributed by atoms with van der Waals surface area (Å²) in [6.45, 7) is 2.56. The van der Waals surface area contributed by atoms with Crippen LogP contribution in [0, 0.1) is 0 Å². The SMILES string of the molecule is C[C@H](Sc1ncnc2sccc12)C(=O)NCc1ccc2c(c1)OCO2. The molecule has 3 heterocycles. The fraction of sp³-hybridized carbons (Fsp3) is 0.235. The summed E-state index contributed by atoms with van der Waals surface area (Å²) in [6.07, 6.45) is 1.54. The van der Waals surface area contributed by atoms with Gasteiger partial charge in [0.15, 0.2) is 11.5 Å². The second-order valence-electron chi connectivity index (χ2n) is 5.48. The van der Waals surface area contributed by atoms with Crippen molar-refractivity contribution >= 4 is 39.2 Å². The molecule has 0 saturated heterocycles. The van der Waals surface area contributed by atoms with Crippen molar-refractivity contribution in [2.24, 2.45) is 0 Å². The van der Waals surface area contributed by atoms with Gasteiger partial charge < -0.3 is 14.8 Å². The first-order valence-electron chi connectivity index (χ1n) is 7.72. The lowest BCUT2D eigenvalue weighted by Crippen LogP contribution is -2.30. The topological polar surface area (TPSA) is 73.3 Å². The predicted octanol–water partition coefficient (Wildman–Crippen LogP) is 3.22. The molecule has 0 aliphatic carbocycles. The van der Waals surface area contributed by atoms with Gasteiger partial charge in [-0.2, -0.15) is 0 Å². The minimum Gasteiger partial charge on any atom is -0.454 e. The molecule has 6 nitrogen and oxygen atoms in total. The second kappa shape index (κ2) is 6.89. The number of ether oxygens (including phenoxy) is 2. The molecule has 0 unspecified atom stereocenters. The van der Waals surface area contributed by atoms with E-state index in [1.165, 1.54) is 11.8 Å². The van der Waals surface area contributed by atoms with Crippen molar-refractivity contribution in [3.63, 3.8) is 0 Å². The van der Waals surface area contributed by atoms with Gasteiger partial charge in [0.1, 0.15) is 16.2 Å². The highest BCUT2D eigenvalue weighted by atomic mass is 32.2. The number of benzene rings is 1. The van der Waals surface area contributed by atoms with Crippen molar-refractivity contribution in [2.75, 3.05) is 6.79 Å². The highest BCUT2D eigenvalue weighted by Gasteiger charge is 2.18. The molecule has 128 valence electrons. The molecular formula is C17H15N3O3S2. The average Bonchev–Trinajstić information content (AvgIpc) is 3.28. The van der Waals surface area contributed by atoms with Crippen LogP contribution >= 0.6 is 23.1 Å². The van der Waals surface area contributed by atoms with Crippen LogP contribution in [-0.2, 0) is 11.3 Å². The number of thiophene rings is 1. The van der Waals surface area contributed by atoms with E-state index in [0.717, 1.165) is 32.3 Å². The molecule has 8 heteroatoms. The molecule has 1 aromatic carbocycles. The number of thioether (sulfide) groups is 1. The van der Waals surface area contributed by atoms with Crippen LogP contribution in [0.3, 0.4) is 0 Å². The van der Waals surface area contributed by atoms with Crippen molar-refractivity contribution in [3.05, 3.63) is 41.5 Å². The van der Waals surface area contributed by atoms with Crippen LogP contribution in [0.25, 0.3) is 10.2 Å². The Labute approximate surface area is 152 Å². The molecule has 4 rings (SSSR count). The summed E-state index contributed by atoms with van der Waals surface area (Å²) in [4.78, 5) is 21.9. The van der Waals surface area contributed by atoms with Gasteiger partial charge in [-0.3, -0.25) is 4.79 Å². The van der Waals surface area contributed by atoms with Crippen molar-refractivity contribution in [3.8, 4) is 11.5 Å². The number of aromatic nitrogens is 2. The Morgan fingerprint density at radius 3 is 3.12 bits per heavy atom. The summed E-state index contributed by atoms with van der Waals surface area (Å²) in [5.74, 6) is 1.42. The van der Waals surface area contributed by atoms with Crippen LogP contribution in [0.15, 0.2) is 41.0 Å². The van der Waals surface area contributed by atoms with Crippen molar-refractivity contribution in [2.45, 2.75) is 23.7 Å². The number of nitrogens with one attached hydrogen (secondary N) is 1. The lowest BCUT2D eigenvalue weighted by Gasteiger charge is -2.12. The van der Waals surface area contributed by atoms with Crippen LogP contribution in [-0.4, -0.2) is 27.9 Å². The van der Waals surface area contributed by atoms with Gasteiger partial charge in [0.05, 0.1) is 5.25 Å². The van der Waals surface area contributed by atoms with E-state index in [0.29, 0.717) is 6.54 Å². The Kier molecular flexibility index (Phi) is 4.46. The lowest BCUT2D eigenvalue weighted by atomic mass is 10.2. The maximum Gasteiger partial charge on any atom is 0.233 e. The third-order valence-electron chi connectivity index (χ3n) is 3.79. The van der Waals surface area contributed by atoms with Crippen molar-refractivity contribution in [1.82, 2.24) is 15.3 Å². The number of carbonyl (C=O) groups excluding carboxylic acids is 1. The second-order valence-corrected chi connectivity index (χ2v) is 7.71. The summed E-state index contributed by atoms with van der Waals surface area (Å²) in [7, 11) is 0. The van der Waals surface area contributed by atoms with Crippen LogP contribution in [0.2, 0.25) is 0 Å². The molecule has 1 atom stereocenters. The molecule has 0 bridgehead atoms. The van der Waals surface area contributed by atoms with E-state index in [4.69, 9.17) is 9.47 Å². The largest absolute Gasteiger partial charge is 0.454 e. The molecule has 1 aliphatic rings. The normalized spacial score (nSPS) is 13.8. The van der Waals surface area contributed by atoms with Gasteiger partial charge >= 0.3 is 0 Å². The molecule has 1 amide bonds. The third kappa shape index (κ3) is 3.40. The highest BCUT2D eigenvalue weighted by Crippen LogP contribution is 2.33. The van der Waals surface area contributed by atoms with Crippen LogP contribution in [0.1, 0.15) is 12.5 Å². The first-order chi connectivity index (χ1) is 12.2. The van der Waals surface area contributed by atoms with Crippen LogP contribution < -0.4 is 14.8 Å². The fourth-order valence-corrected chi connectivity index (χ4v) is 4.19. The first kappa shape index (κ1) is 16.2. The fourth-order valence-electron chi connectivity index (χ4n) is 2.47. The Morgan fingerprint density at radius 2 is 2.20 bits per heavy atom. The summed E-state index contributed by atoms with van der Waals surface area (Å²) in [5, 5.41) is 6.50. The lowest BCUT2D eigenvalue weighted by molar-refractivity contribution is -0.120. The number of amides is 1. The van der Waals surface area contributed by atoms with Gasteiger partial charge in [-0.05, 0) is 36.1 Å². The van der Waals surface area contributed by atoms with E-state index < -0.39 is 0 Å². The van der Waals surface area contributed by atoms with E-state index in [1.54, 1.807) is 17.7 Å². The standard InChI is InChI=1S/C17H15N3O3S2/c1-10(25-17-12-4-5-24-16(12)19-8-20-17)15(21)18-7-11-2-3-13-14(6-11)23-9-22-13/h2-6,8,10H,7,9H2,1H3,(H,18,21)/t10-/m0/s1. The summed E-state index contributed by atoms with van der Waals surface area (Å²) < 4.78 is 10.6. The summed E-state index contributed by atoms with van der Waals surface area (Å²) in [5.41, 5.74) is 0.970. The van der Waals surface area contributed by atoms with Gasteiger partial charge in [0.2, 0.25) is 12.7 Å². The Balaban J connectivity index is 1.38. The first-order valence-corrected chi connectivity index (χ1v) is 9.48. The molecule has 0 fully saturated rings. The predicted molar refractivity (Wildman–Crippen MR) is 97.1 cm³/mol. The number of hydrogen-bond acceptors (Lipinski definition) is 7. The van der Waals surface area contributed by atoms with Crippen LogP contribution in [0.4, 0.5) is 0 Å². The van der Waals surface area contributed by atoms with Gasteiger partial charge in [0, 0.05) is 11.9 Å². The third-order valence-corrected chi connectivity index (χ3v) is 5.72. The average molecular weight is 373 g/mol. The van der Waals surface area contributed by atoms with Crippen LogP contribution in [0.5, 0.6) is 11.5 Å². The quantitative estimate of drug-likeness (QED) is 0.547. The minimum absolute atomic E-state index is 0.0374. The molecule has 2 aromatic heterocycles. The molecular weight excluding hydrogens is 358 g/mol. The van der Waals surface area contributed by atoms with Gasteiger partial charge in [-0.1, -0.05) is 17.8 Å². The summed E-state index contributed by atoms with van der Waals surface area (Å²) in [6, 6.07) is 7.65. The van der Waals surface area contributed by atoms with Crippen molar-refractivity contribution in [1.29, 1.82) is 0 Å². The Bertz CT molecular complexity index is 928. The zero-order valence-electron chi connectivity index (χ0n) is 13.4. The highest BCUT2D eigenvalue weighted by molar-refractivity contribution is 8.00.